The lowest BCUT2D eigenvalue weighted by Crippen LogP contribution is -2.27. The second kappa shape index (κ2) is 9.66. The van der Waals surface area contributed by atoms with Gasteiger partial charge in [0.1, 0.15) is 0 Å². The molecule has 1 aliphatic rings. The van der Waals surface area contributed by atoms with Gasteiger partial charge in [-0.25, -0.2) is 0 Å². The lowest BCUT2D eigenvalue weighted by Gasteiger charge is -2.12. The molecule has 3 aromatic carbocycles. The van der Waals surface area contributed by atoms with Crippen LogP contribution in [0.4, 0.5) is 4.79 Å². The lowest BCUT2D eigenvalue weighted by atomic mass is 10.1. The molecule has 4 rings (SSSR count). The summed E-state index contributed by atoms with van der Waals surface area (Å²) in [6, 6.07) is 24.4. The summed E-state index contributed by atoms with van der Waals surface area (Å²) in [5.74, 6) is -0.468. The number of nitrogens with zero attached hydrogens (tertiary/aromatic N) is 1. The summed E-state index contributed by atoms with van der Waals surface area (Å²) in [6.07, 6.45) is 1.68. The van der Waals surface area contributed by atoms with Crippen molar-refractivity contribution < 1.29 is 14.4 Å². The molecule has 1 heterocycles. The van der Waals surface area contributed by atoms with Gasteiger partial charge >= 0.3 is 0 Å². The lowest BCUT2D eigenvalue weighted by molar-refractivity contribution is -0.123. The number of hydrogen-bond donors (Lipinski definition) is 1. The molecule has 160 valence electrons. The van der Waals surface area contributed by atoms with E-state index in [1.165, 1.54) is 4.90 Å². The molecule has 0 unspecified atom stereocenters. The van der Waals surface area contributed by atoms with Crippen LogP contribution >= 0.6 is 11.8 Å². The van der Waals surface area contributed by atoms with Gasteiger partial charge in [-0.1, -0.05) is 72.3 Å². The number of amides is 3. The molecule has 0 bridgehead atoms. The maximum absolute atomic E-state index is 12.7. The molecule has 3 aromatic rings. The van der Waals surface area contributed by atoms with Gasteiger partial charge in [0.05, 0.1) is 11.4 Å². The van der Waals surface area contributed by atoms with Crippen LogP contribution in [0.3, 0.4) is 0 Å². The average molecular weight is 443 g/mol. The van der Waals surface area contributed by atoms with Crippen LogP contribution in [-0.2, 0) is 17.9 Å². The van der Waals surface area contributed by atoms with Crippen molar-refractivity contribution in [1.29, 1.82) is 0 Å². The summed E-state index contributed by atoms with van der Waals surface area (Å²) in [5.41, 5.74) is 4.38. The van der Waals surface area contributed by atoms with E-state index in [1.54, 1.807) is 30.3 Å². The van der Waals surface area contributed by atoms with Crippen molar-refractivity contribution in [3.8, 4) is 0 Å². The van der Waals surface area contributed by atoms with Crippen LogP contribution in [0.1, 0.15) is 32.6 Å². The highest BCUT2D eigenvalue weighted by molar-refractivity contribution is 8.18. The van der Waals surface area contributed by atoms with Crippen LogP contribution in [0.5, 0.6) is 0 Å². The van der Waals surface area contributed by atoms with E-state index in [4.69, 9.17) is 0 Å². The fraction of sp³-hybridized carbons (Fsp3) is 0.115. The fourth-order valence-corrected chi connectivity index (χ4v) is 4.23. The van der Waals surface area contributed by atoms with Gasteiger partial charge < -0.3 is 5.32 Å². The largest absolute Gasteiger partial charge is 0.348 e. The molecule has 6 heteroatoms. The quantitative estimate of drug-likeness (QED) is 0.536. The van der Waals surface area contributed by atoms with E-state index in [2.05, 4.69) is 5.32 Å². The van der Waals surface area contributed by atoms with E-state index < -0.39 is 0 Å². The van der Waals surface area contributed by atoms with Crippen molar-refractivity contribution in [1.82, 2.24) is 10.2 Å². The molecule has 32 heavy (non-hydrogen) atoms. The predicted octanol–water partition coefficient (Wildman–Crippen LogP) is 5.16. The molecule has 1 N–H and O–H groups in total. The minimum atomic E-state index is -0.302. The molecule has 1 fully saturated rings. The Kier molecular flexibility index (Phi) is 6.52. The summed E-state index contributed by atoms with van der Waals surface area (Å²) in [6.45, 7) is 2.72. The van der Waals surface area contributed by atoms with E-state index in [0.29, 0.717) is 17.0 Å². The van der Waals surface area contributed by atoms with Gasteiger partial charge in [-0.15, -0.1) is 0 Å². The Morgan fingerprint density at radius 2 is 1.66 bits per heavy atom. The van der Waals surface area contributed by atoms with Crippen LogP contribution in [0.15, 0.2) is 83.8 Å². The molecule has 0 atom stereocenters. The first kappa shape index (κ1) is 21.6. The Balaban J connectivity index is 1.40. The Morgan fingerprint density at radius 3 is 2.38 bits per heavy atom. The maximum atomic E-state index is 12.7. The summed E-state index contributed by atoms with van der Waals surface area (Å²) in [5, 5.41) is 2.63. The standard InChI is InChI=1S/C26H22N2O3S/c1-18-6-5-9-21(14-18)16-27-24(29)22-12-10-19(11-13-22)15-23-25(30)28(26(31)32-23)17-20-7-3-2-4-8-20/h2-15H,16-17H2,1H3,(H,27,29). The first-order valence-electron chi connectivity index (χ1n) is 10.2. The van der Waals surface area contributed by atoms with Crippen LogP contribution in [0, 0.1) is 6.92 Å². The van der Waals surface area contributed by atoms with E-state index in [1.807, 2.05) is 61.5 Å². The van der Waals surface area contributed by atoms with Crippen LogP contribution in [-0.4, -0.2) is 22.0 Å². The number of carbonyl (C=O) groups is 3. The third-order valence-electron chi connectivity index (χ3n) is 5.06. The number of rotatable bonds is 6. The third-order valence-corrected chi connectivity index (χ3v) is 5.97. The molecule has 1 saturated heterocycles. The zero-order valence-corrected chi connectivity index (χ0v) is 18.4. The Bertz CT molecular complexity index is 1190. The third kappa shape index (κ3) is 5.15. The summed E-state index contributed by atoms with van der Waals surface area (Å²) in [4.78, 5) is 39.1. The monoisotopic (exact) mass is 442 g/mol. The maximum Gasteiger partial charge on any atom is 0.293 e. The Hall–Kier alpha value is -3.64. The smallest absolute Gasteiger partial charge is 0.293 e. The van der Waals surface area contributed by atoms with Gasteiger partial charge in [-0.2, -0.15) is 0 Å². The van der Waals surface area contributed by atoms with E-state index in [0.717, 1.165) is 34.0 Å². The van der Waals surface area contributed by atoms with Gasteiger partial charge in [-0.3, -0.25) is 19.3 Å². The number of nitrogens with one attached hydrogen (secondary N) is 1. The highest BCUT2D eigenvalue weighted by Crippen LogP contribution is 2.33. The van der Waals surface area contributed by atoms with Crippen molar-refractivity contribution in [2.75, 3.05) is 0 Å². The molecular formula is C26H22N2O3S. The average Bonchev–Trinajstić information content (AvgIpc) is 3.06. The summed E-state index contributed by atoms with van der Waals surface area (Å²) < 4.78 is 0. The molecule has 0 radical (unpaired) electrons. The number of thioether (sulfide) groups is 1. The zero-order chi connectivity index (χ0) is 22.5. The van der Waals surface area contributed by atoms with E-state index in [-0.39, 0.29) is 23.6 Å². The minimum absolute atomic E-state index is 0.166. The highest BCUT2D eigenvalue weighted by atomic mass is 32.2. The van der Waals surface area contributed by atoms with Crippen LogP contribution in [0.25, 0.3) is 6.08 Å². The van der Waals surface area contributed by atoms with Crippen LogP contribution in [0.2, 0.25) is 0 Å². The molecule has 3 amide bonds. The first-order valence-corrected chi connectivity index (χ1v) is 11.0. The molecular weight excluding hydrogens is 420 g/mol. The van der Waals surface area contributed by atoms with Crippen LogP contribution < -0.4 is 5.32 Å². The predicted molar refractivity (Wildman–Crippen MR) is 127 cm³/mol. The van der Waals surface area contributed by atoms with Gasteiger partial charge in [-0.05, 0) is 53.6 Å². The summed E-state index contributed by atoms with van der Waals surface area (Å²) >= 11 is 0.932. The van der Waals surface area contributed by atoms with Gasteiger partial charge in [0.15, 0.2) is 0 Å². The van der Waals surface area contributed by atoms with Crippen molar-refractivity contribution in [2.24, 2.45) is 0 Å². The molecule has 0 spiro atoms. The number of hydrogen-bond acceptors (Lipinski definition) is 4. The first-order chi connectivity index (χ1) is 15.5. The SMILES string of the molecule is Cc1cccc(CNC(=O)c2ccc(C=C3SC(=O)N(Cc4ccccc4)C3=O)cc2)c1. The van der Waals surface area contributed by atoms with E-state index >= 15 is 0 Å². The number of imide groups is 1. The van der Waals surface area contributed by atoms with Crippen molar-refractivity contribution in [2.45, 2.75) is 20.0 Å². The summed E-state index contributed by atoms with van der Waals surface area (Å²) in [7, 11) is 0. The molecule has 0 saturated carbocycles. The Morgan fingerprint density at radius 1 is 0.938 bits per heavy atom. The number of benzene rings is 3. The second-order valence-corrected chi connectivity index (χ2v) is 8.54. The molecule has 0 aromatic heterocycles. The fourth-order valence-electron chi connectivity index (χ4n) is 3.39. The minimum Gasteiger partial charge on any atom is -0.348 e. The molecule has 5 nitrogen and oxygen atoms in total. The van der Waals surface area contributed by atoms with Gasteiger partial charge in [0, 0.05) is 12.1 Å². The van der Waals surface area contributed by atoms with Gasteiger partial charge in [0.2, 0.25) is 0 Å². The highest BCUT2D eigenvalue weighted by Gasteiger charge is 2.34. The van der Waals surface area contributed by atoms with Crippen molar-refractivity contribution in [3.05, 3.63) is 112 Å². The second-order valence-electron chi connectivity index (χ2n) is 7.55. The van der Waals surface area contributed by atoms with Gasteiger partial charge in [0.25, 0.3) is 17.1 Å². The van der Waals surface area contributed by atoms with E-state index in [9.17, 15) is 14.4 Å². The molecule has 1 aliphatic heterocycles. The molecule has 0 aliphatic carbocycles. The topological polar surface area (TPSA) is 66.5 Å². The zero-order valence-electron chi connectivity index (χ0n) is 17.6. The van der Waals surface area contributed by atoms with Crippen molar-refractivity contribution in [3.63, 3.8) is 0 Å². The number of aryl methyl sites for hydroxylation is 1. The Labute approximate surface area is 191 Å². The number of carbonyl (C=O) groups excluding carboxylic acids is 3. The van der Waals surface area contributed by atoms with Crippen molar-refractivity contribution >= 4 is 34.9 Å². The normalized spacial score (nSPS) is 14.8.